The van der Waals surface area contributed by atoms with Gasteiger partial charge in [-0.1, -0.05) is 11.8 Å². The number of ether oxygens (including phenoxy) is 2. The van der Waals surface area contributed by atoms with E-state index >= 15 is 0 Å². The maximum atomic E-state index is 13.1. The molecule has 0 fully saturated rings. The lowest BCUT2D eigenvalue weighted by Gasteiger charge is -2.05. The van der Waals surface area contributed by atoms with Gasteiger partial charge in [-0.3, -0.25) is 0 Å². The third kappa shape index (κ3) is 3.58. The predicted octanol–water partition coefficient (Wildman–Crippen LogP) is 1.15. The summed E-state index contributed by atoms with van der Waals surface area (Å²) >= 11 is 0. The summed E-state index contributed by atoms with van der Waals surface area (Å²) in [6.07, 6.45) is 0. The molecule has 15 heavy (non-hydrogen) atoms. The third-order valence-corrected chi connectivity index (χ3v) is 1.58. The average molecular weight is 210 g/mol. The molecule has 0 aliphatic carbocycles. The summed E-state index contributed by atoms with van der Waals surface area (Å²) in [6.45, 7) is -0.251. The van der Waals surface area contributed by atoms with Gasteiger partial charge in [0.1, 0.15) is 6.61 Å². The number of aliphatic hydroxyl groups excluding tert-OH is 1. The van der Waals surface area contributed by atoms with E-state index in [1.807, 2.05) is 0 Å². The lowest BCUT2D eigenvalue weighted by Crippen LogP contribution is -2.00. The van der Waals surface area contributed by atoms with Crippen molar-refractivity contribution in [2.75, 3.05) is 20.5 Å². The van der Waals surface area contributed by atoms with Crippen LogP contribution in [0, 0.1) is 17.7 Å². The number of hydrogen-bond donors (Lipinski definition) is 1. The fraction of sp³-hybridized carbons (Fsp3) is 0.273. The first-order chi connectivity index (χ1) is 7.27. The normalized spacial score (nSPS) is 9.27. The Morgan fingerprint density at radius 2 is 2.27 bits per heavy atom. The van der Waals surface area contributed by atoms with Crippen LogP contribution in [0.2, 0.25) is 0 Å². The van der Waals surface area contributed by atoms with E-state index in [2.05, 4.69) is 16.6 Å². The monoisotopic (exact) mass is 210 g/mol. The Morgan fingerprint density at radius 3 is 2.93 bits per heavy atom. The molecule has 0 bridgehead atoms. The molecule has 1 N–H and O–H groups in total. The highest BCUT2D eigenvalue weighted by molar-refractivity contribution is 5.40. The summed E-state index contributed by atoms with van der Waals surface area (Å²) in [5, 5.41) is 8.49. The molecule has 0 spiro atoms. The lowest BCUT2D eigenvalue weighted by atomic mass is 10.2. The molecule has 0 saturated carbocycles. The van der Waals surface area contributed by atoms with Crippen LogP contribution in [0.4, 0.5) is 4.39 Å². The molecule has 4 heteroatoms. The summed E-state index contributed by atoms with van der Waals surface area (Å²) in [4.78, 5) is 0. The second-order valence-corrected chi connectivity index (χ2v) is 2.66. The first-order valence-corrected chi connectivity index (χ1v) is 4.29. The van der Waals surface area contributed by atoms with E-state index < -0.39 is 5.82 Å². The molecule has 1 aromatic rings. The minimum atomic E-state index is -0.471. The summed E-state index contributed by atoms with van der Waals surface area (Å²) in [7, 11) is 1.45. The second kappa shape index (κ2) is 6.02. The topological polar surface area (TPSA) is 38.7 Å². The number of aliphatic hydroxyl groups is 1. The van der Waals surface area contributed by atoms with Gasteiger partial charge in [-0.2, -0.15) is 0 Å². The minimum absolute atomic E-state index is 0.0200. The molecule has 0 saturated heterocycles. The van der Waals surface area contributed by atoms with Gasteiger partial charge in [0, 0.05) is 12.7 Å². The maximum Gasteiger partial charge on any atom is 0.188 e. The summed E-state index contributed by atoms with van der Waals surface area (Å²) in [5.74, 6) is 4.73. The Kier molecular flexibility index (Phi) is 4.61. The molecule has 0 amide bonds. The van der Waals surface area contributed by atoms with Crippen LogP contribution in [0.25, 0.3) is 0 Å². The number of rotatable bonds is 3. The van der Waals surface area contributed by atoms with E-state index in [-0.39, 0.29) is 19.1 Å². The van der Waals surface area contributed by atoms with Gasteiger partial charge in [0.2, 0.25) is 0 Å². The Bertz CT molecular complexity index is 379. The van der Waals surface area contributed by atoms with Crippen LogP contribution in [0.15, 0.2) is 18.2 Å². The second-order valence-electron chi connectivity index (χ2n) is 2.66. The molecule has 3 nitrogen and oxygen atoms in total. The molecule has 0 unspecified atom stereocenters. The fourth-order valence-electron chi connectivity index (χ4n) is 0.956. The van der Waals surface area contributed by atoms with E-state index in [1.54, 1.807) is 0 Å². The first kappa shape index (κ1) is 11.5. The van der Waals surface area contributed by atoms with Gasteiger partial charge in [-0.25, -0.2) is 4.39 Å². The van der Waals surface area contributed by atoms with E-state index in [0.29, 0.717) is 5.56 Å². The van der Waals surface area contributed by atoms with Crippen molar-refractivity contribution in [2.45, 2.75) is 0 Å². The van der Waals surface area contributed by atoms with Crippen LogP contribution in [0.3, 0.4) is 0 Å². The SMILES string of the molecule is COCOc1cc(C#CCO)ccc1F. The molecule has 1 aromatic carbocycles. The van der Waals surface area contributed by atoms with Crippen LogP contribution in [-0.4, -0.2) is 25.6 Å². The lowest BCUT2D eigenvalue weighted by molar-refractivity contribution is 0.0483. The Hall–Kier alpha value is -1.57. The molecule has 0 atom stereocenters. The predicted molar refractivity (Wildman–Crippen MR) is 52.9 cm³/mol. The zero-order valence-corrected chi connectivity index (χ0v) is 8.29. The highest BCUT2D eigenvalue weighted by atomic mass is 19.1. The van der Waals surface area contributed by atoms with Crippen molar-refractivity contribution in [1.82, 2.24) is 0 Å². The van der Waals surface area contributed by atoms with Crippen LogP contribution >= 0.6 is 0 Å². The van der Waals surface area contributed by atoms with Crippen molar-refractivity contribution < 1.29 is 19.0 Å². The van der Waals surface area contributed by atoms with E-state index in [1.165, 1.54) is 25.3 Å². The van der Waals surface area contributed by atoms with Gasteiger partial charge in [0.05, 0.1) is 0 Å². The summed E-state index contributed by atoms with van der Waals surface area (Å²) in [6, 6.07) is 4.22. The number of halogens is 1. The molecule has 1 rings (SSSR count). The highest BCUT2D eigenvalue weighted by Gasteiger charge is 2.03. The first-order valence-electron chi connectivity index (χ1n) is 4.29. The Balaban J connectivity index is 2.84. The van der Waals surface area contributed by atoms with Crippen molar-refractivity contribution in [1.29, 1.82) is 0 Å². The minimum Gasteiger partial charge on any atom is -0.464 e. The van der Waals surface area contributed by atoms with Crippen LogP contribution < -0.4 is 4.74 Å². The van der Waals surface area contributed by atoms with Crippen LogP contribution in [-0.2, 0) is 4.74 Å². The van der Waals surface area contributed by atoms with E-state index in [0.717, 1.165) is 0 Å². The van der Waals surface area contributed by atoms with Crippen LogP contribution in [0.1, 0.15) is 5.56 Å². The fourth-order valence-corrected chi connectivity index (χ4v) is 0.956. The van der Waals surface area contributed by atoms with Crippen molar-refractivity contribution in [3.63, 3.8) is 0 Å². The zero-order valence-electron chi connectivity index (χ0n) is 8.29. The maximum absolute atomic E-state index is 13.1. The standard InChI is InChI=1S/C11H11FO3/c1-14-8-15-11-7-9(3-2-6-13)4-5-10(11)12/h4-5,7,13H,6,8H2,1H3. The summed E-state index contributed by atoms with van der Waals surface area (Å²) in [5.41, 5.74) is 0.580. The summed E-state index contributed by atoms with van der Waals surface area (Å²) < 4.78 is 22.8. The highest BCUT2D eigenvalue weighted by Crippen LogP contribution is 2.18. The molecule has 0 radical (unpaired) electrons. The van der Waals surface area contributed by atoms with Gasteiger partial charge in [-0.05, 0) is 18.2 Å². The van der Waals surface area contributed by atoms with Crippen molar-refractivity contribution in [3.8, 4) is 17.6 Å². The molecule has 0 aromatic heterocycles. The van der Waals surface area contributed by atoms with Crippen molar-refractivity contribution in [2.24, 2.45) is 0 Å². The molecule has 0 heterocycles. The molecule has 80 valence electrons. The molecular weight excluding hydrogens is 199 g/mol. The Labute approximate surface area is 87.4 Å². The van der Waals surface area contributed by atoms with Crippen LogP contribution in [0.5, 0.6) is 5.75 Å². The Morgan fingerprint density at radius 1 is 1.47 bits per heavy atom. The quantitative estimate of drug-likeness (QED) is 0.601. The van der Waals surface area contributed by atoms with Crippen molar-refractivity contribution in [3.05, 3.63) is 29.6 Å². The number of methoxy groups -OCH3 is 1. The van der Waals surface area contributed by atoms with E-state index in [9.17, 15) is 4.39 Å². The molecular formula is C11H11FO3. The van der Waals surface area contributed by atoms with E-state index in [4.69, 9.17) is 9.84 Å². The smallest absolute Gasteiger partial charge is 0.188 e. The van der Waals surface area contributed by atoms with Gasteiger partial charge in [-0.15, -0.1) is 0 Å². The number of benzene rings is 1. The van der Waals surface area contributed by atoms with Crippen molar-refractivity contribution >= 4 is 0 Å². The zero-order chi connectivity index (χ0) is 11.1. The molecule has 0 aliphatic heterocycles. The van der Waals surface area contributed by atoms with Gasteiger partial charge in [0.25, 0.3) is 0 Å². The third-order valence-electron chi connectivity index (χ3n) is 1.58. The van der Waals surface area contributed by atoms with Gasteiger partial charge in [0.15, 0.2) is 18.4 Å². The largest absolute Gasteiger partial charge is 0.464 e. The molecule has 0 aliphatic rings. The van der Waals surface area contributed by atoms with Gasteiger partial charge >= 0.3 is 0 Å². The average Bonchev–Trinajstić information content (AvgIpc) is 2.26. The van der Waals surface area contributed by atoms with Gasteiger partial charge < -0.3 is 14.6 Å². The number of hydrogen-bond acceptors (Lipinski definition) is 3.